The maximum absolute atomic E-state index is 15.7. The third-order valence-electron chi connectivity index (χ3n) is 14.3. The Morgan fingerprint density at radius 3 is 0.679 bits per heavy atom. The fourth-order valence-corrected chi connectivity index (χ4v) is 10.5. The Kier molecular flexibility index (Phi) is 11.5. The number of rotatable bonds is 7. The van der Waals surface area contributed by atoms with Crippen LogP contribution in [0.2, 0.25) is 0 Å². The molecule has 0 saturated carbocycles. The number of fused-ring (bicyclic) bond motifs is 6. The number of hydrogen-bond acceptors (Lipinski definition) is 4. The molecule has 0 spiro atoms. The molecule has 0 atom stereocenters. The van der Waals surface area contributed by atoms with Gasteiger partial charge in [0.25, 0.3) is 0 Å². The molecule has 0 aliphatic carbocycles. The van der Waals surface area contributed by atoms with Gasteiger partial charge in [0.15, 0.2) is 0 Å². The molecule has 10 aromatic carbocycles. The van der Waals surface area contributed by atoms with E-state index in [9.17, 15) is 21.0 Å². The first-order valence-electron chi connectivity index (χ1n) is 24.3. The zero-order valence-electron chi connectivity index (χ0n) is 40.6. The Balaban J connectivity index is 1.12. The summed E-state index contributed by atoms with van der Waals surface area (Å²) in [5.74, 6) is 0. The van der Waals surface area contributed by atoms with Crippen LogP contribution in [0, 0.1) is 45.3 Å². The molecule has 12 heteroatoms. The molecular weight excluding hydrogens is 991 g/mol. The third-order valence-corrected chi connectivity index (χ3v) is 14.3. The van der Waals surface area contributed by atoms with Crippen molar-refractivity contribution in [2.75, 3.05) is 0 Å². The van der Waals surface area contributed by atoms with E-state index < -0.39 is 23.5 Å². The quantitative estimate of drug-likeness (QED) is 0.148. The van der Waals surface area contributed by atoms with Gasteiger partial charge in [0.1, 0.15) is 0 Å². The van der Waals surface area contributed by atoms with Crippen LogP contribution in [0.15, 0.2) is 206 Å². The minimum atomic E-state index is -4.90. The summed E-state index contributed by atoms with van der Waals surface area (Å²) in [5.41, 5.74) is 6.79. The summed E-state index contributed by atoms with van der Waals surface area (Å²) >= 11 is 0. The molecule has 0 bridgehead atoms. The molecule has 0 unspecified atom stereocenters. The molecule has 0 aliphatic heterocycles. The summed E-state index contributed by atoms with van der Waals surface area (Å²) in [6.45, 7) is 0. The maximum Gasteiger partial charge on any atom is 0.418 e. The molecule has 0 N–H and O–H groups in total. The summed E-state index contributed by atoms with van der Waals surface area (Å²) in [7, 11) is 0. The van der Waals surface area contributed by atoms with Crippen molar-refractivity contribution in [1.29, 1.82) is 21.0 Å². The normalized spacial score (nSPS) is 11.7. The molecule has 78 heavy (non-hydrogen) atoms. The van der Waals surface area contributed by atoms with E-state index >= 15 is 26.3 Å². The lowest BCUT2D eigenvalue weighted by molar-refractivity contribution is -0.138. The van der Waals surface area contributed by atoms with E-state index in [0.717, 1.165) is 12.1 Å². The highest BCUT2D eigenvalue weighted by Crippen LogP contribution is 2.46. The van der Waals surface area contributed by atoms with Crippen LogP contribution < -0.4 is 0 Å². The molecule has 0 radical (unpaired) electrons. The van der Waals surface area contributed by atoms with Crippen LogP contribution in [0.1, 0.15) is 33.4 Å². The van der Waals surface area contributed by atoms with E-state index in [1.165, 1.54) is 24.3 Å². The second-order valence-corrected chi connectivity index (χ2v) is 18.8. The number of hydrogen-bond donors (Lipinski definition) is 0. The van der Waals surface area contributed by atoms with Crippen LogP contribution >= 0.6 is 0 Å². The smallest absolute Gasteiger partial charge is 0.309 e. The topological polar surface area (TPSA) is 105 Å². The standard InChI is InChI=1S/C66H34F6N6/c67-65(68,69)57-27-21-51(33-63(57)77-59-29-47(43-9-1-39(35-73)2-10-43)17-23-53(59)54-24-18-48(30-60(54)77)44-11-3-40(36-74)4-12-44)52-22-28-58(66(70,71)72)64(34-52)78-61-31-49(45-13-5-41(37-75)6-14-45)19-25-55(61)56-26-20-50(32-62(56)78)46-15-7-42(38-76)8-16-46/h1-34H. The molecule has 12 rings (SSSR count). The van der Waals surface area contributed by atoms with Crippen LogP contribution in [0.25, 0.3) is 111 Å². The van der Waals surface area contributed by atoms with Gasteiger partial charge in [0.2, 0.25) is 0 Å². The second kappa shape index (κ2) is 18.6. The Morgan fingerprint density at radius 1 is 0.256 bits per heavy atom. The number of halogens is 6. The Hall–Kier alpha value is -10.7. The van der Waals surface area contributed by atoms with Gasteiger partial charge in [-0.15, -0.1) is 0 Å². The summed E-state index contributed by atoms with van der Waals surface area (Å²) < 4.78 is 97.3. The SMILES string of the molecule is N#Cc1ccc(-c2ccc3c4ccc(-c5ccc(C#N)cc5)cc4n(-c4cc(-c5ccc(C(F)(F)F)c(-n6c7cc(-c8ccc(C#N)cc8)ccc7c7ccc(-c8ccc(C#N)cc8)cc76)c5)ccc4C(F)(F)F)c3c2)cc1. The van der Waals surface area contributed by atoms with E-state index in [1.54, 1.807) is 130 Å². The van der Waals surface area contributed by atoms with Gasteiger partial charge in [-0.1, -0.05) is 109 Å². The number of aromatic nitrogens is 2. The van der Waals surface area contributed by atoms with Gasteiger partial charge in [-0.2, -0.15) is 47.4 Å². The average molecular weight is 1030 g/mol. The van der Waals surface area contributed by atoms with Crippen LogP contribution in [-0.4, -0.2) is 9.13 Å². The van der Waals surface area contributed by atoms with E-state index in [-0.39, 0.29) is 22.5 Å². The first kappa shape index (κ1) is 48.3. The van der Waals surface area contributed by atoms with Crippen molar-refractivity contribution in [2.45, 2.75) is 12.4 Å². The number of nitrogens with zero attached hydrogens (tertiary/aromatic N) is 6. The summed E-state index contributed by atoms with van der Waals surface area (Å²) in [6.07, 6.45) is -9.81. The molecule has 0 fully saturated rings. The minimum absolute atomic E-state index is 0.201. The number of benzene rings is 10. The van der Waals surface area contributed by atoms with Gasteiger partial charge in [-0.3, -0.25) is 0 Å². The van der Waals surface area contributed by atoms with Crippen LogP contribution in [0.3, 0.4) is 0 Å². The van der Waals surface area contributed by atoms with Crippen LogP contribution in [0.4, 0.5) is 26.3 Å². The predicted octanol–water partition coefficient (Wildman–Crippen LogP) is 17.7. The Labute approximate surface area is 441 Å². The highest BCUT2D eigenvalue weighted by atomic mass is 19.4. The lowest BCUT2D eigenvalue weighted by Crippen LogP contribution is -2.12. The fraction of sp³-hybridized carbons (Fsp3) is 0.0303. The molecular formula is C66H34F6N6. The van der Waals surface area contributed by atoms with Gasteiger partial charge in [0, 0.05) is 21.5 Å². The predicted molar refractivity (Wildman–Crippen MR) is 291 cm³/mol. The number of nitriles is 4. The zero-order chi connectivity index (χ0) is 54.0. The molecule has 12 aromatic rings. The summed E-state index contributed by atoms with van der Waals surface area (Å²) in [4.78, 5) is 0. The Morgan fingerprint density at radius 2 is 0.462 bits per heavy atom. The largest absolute Gasteiger partial charge is 0.418 e. The highest BCUT2D eigenvalue weighted by molar-refractivity contribution is 6.13. The highest BCUT2D eigenvalue weighted by Gasteiger charge is 2.37. The van der Waals surface area contributed by atoms with E-state index in [1.807, 2.05) is 48.5 Å². The molecule has 0 amide bonds. The van der Waals surface area contributed by atoms with Gasteiger partial charge in [-0.05, 0) is 153 Å². The van der Waals surface area contributed by atoms with E-state index in [4.69, 9.17) is 0 Å². The maximum atomic E-state index is 15.7. The van der Waals surface area contributed by atoms with E-state index in [2.05, 4.69) is 24.3 Å². The van der Waals surface area contributed by atoms with Gasteiger partial charge in [0.05, 0.1) is 91.1 Å². The lowest BCUT2D eigenvalue weighted by atomic mass is 9.98. The monoisotopic (exact) mass is 1020 g/mol. The fourth-order valence-electron chi connectivity index (χ4n) is 10.5. The minimum Gasteiger partial charge on any atom is -0.309 e. The molecule has 0 saturated heterocycles. The van der Waals surface area contributed by atoms with Crippen molar-refractivity contribution in [3.05, 3.63) is 240 Å². The van der Waals surface area contributed by atoms with E-state index in [0.29, 0.717) is 110 Å². The van der Waals surface area contributed by atoms with Crippen molar-refractivity contribution in [3.63, 3.8) is 0 Å². The molecule has 2 heterocycles. The first-order chi connectivity index (χ1) is 37.7. The summed E-state index contributed by atoms with van der Waals surface area (Å²) in [6, 6.07) is 65.0. The van der Waals surface area contributed by atoms with Gasteiger partial charge < -0.3 is 9.13 Å². The third kappa shape index (κ3) is 8.41. The van der Waals surface area contributed by atoms with Crippen molar-refractivity contribution < 1.29 is 26.3 Å². The summed E-state index contributed by atoms with van der Waals surface area (Å²) in [5, 5.41) is 40.6. The molecule has 6 nitrogen and oxygen atoms in total. The molecule has 370 valence electrons. The number of alkyl halides is 6. The van der Waals surface area contributed by atoms with Gasteiger partial charge >= 0.3 is 12.4 Å². The van der Waals surface area contributed by atoms with Crippen LogP contribution in [-0.2, 0) is 12.4 Å². The molecule has 2 aromatic heterocycles. The van der Waals surface area contributed by atoms with Crippen molar-refractivity contribution in [2.24, 2.45) is 0 Å². The second-order valence-electron chi connectivity index (χ2n) is 18.8. The first-order valence-corrected chi connectivity index (χ1v) is 24.3. The average Bonchev–Trinajstić information content (AvgIpc) is 4.10. The molecule has 0 aliphatic rings. The van der Waals surface area contributed by atoms with Crippen molar-refractivity contribution in [3.8, 4) is 91.3 Å². The zero-order valence-corrected chi connectivity index (χ0v) is 40.6. The lowest BCUT2D eigenvalue weighted by Gasteiger charge is -2.20. The van der Waals surface area contributed by atoms with Crippen LogP contribution in [0.5, 0.6) is 0 Å². The van der Waals surface area contributed by atoms with Gasteiger partial charge in [-0.25, -0.2) is 0 Å². The van der Waals surface area contributed by atoms with Crippen molar-refractivity contribution in [1.82, 2.24) is 9.13 Å². The Bertz CT molecular complexity index is 4070. The van der Waals surface area contributed by atoms with Crippen molar-refractivity contribution >= 4 is 43.6 Å².